The van der Waals surface area contributed by atoms with Gasteiger partial charge in [-0.1, -0.05) is 26.2 Å². The van der Waals surface area contributed by atoms with Crippen LogP contribution in [0.3, 0.4) is 0 Å². The van der Waals surface area contributed by atoms with Gasteiger partial charge in [0.15, 0.2) is 12.4 Å². The highest BCUT2D eigenvalue weighted by Gasteiger charge is 2.01. The van der Waals surface area contributed by atoms with E-state index in [0.29, 0.717) is 0 Å². The molecule has 0 unspecified atom stereocenters. The van der Waals surface area contributed by atoms with Crippen molar-refractivity contribution < 1.29 is 4.57 Å². The Balaban J connectivity index is 2.27. The van der Waals surface area contributed by atoms with Gasteiger partial charge in [0.25, 0.3) is 0 Å². The van der Waals surface area contributed by atoms with Crippen LogP contribution in [0.25, 0.3) is 0 Å². The molecule has 0 aliphatic rings. The van der Waals surface area contributed by atoms with Crippen LogP contribution in [0.2, 0.25) is 0 Å². The number of pyridine rings is 1. The molecule has 0 amide bonds. The summed E-state index contributed by atoms with van der Waals surface area (Å²) >= 11 is 0. The highest BCUT2D eigenvalue weighted by Crippen LogP contribution is 2.06. The molecule has 2 nitrogen and oxygen atoms in total. The maximum Gasteiger partial charge on any atom is 0.170 e. The average Bonchev–Trinajstić information content (AvgIpc) is 2.29. The van der Waals surface area contributed by atoms with Crippen molar-refractivity contribution in [2.45, 2.75) is 45.6 Å². The van der Waals surface area contributed by atoms with E-state index in [2.05, 4.69) is 55.0 Å². The van der Waals surface area contributed by atoms with Gasteiger partial charge in [0.05, 0.1) is 0 Å². The minimum Gasteiger partial charge on any atom is -0.377 e. The summed E-state index contributed by atoms with van der Waals surface area (Å²) in [5, 5.41) is 0. The first-order chi connectivity index (χ1) is 7.74. The van der Waals surface area contributed by atoms with Crippen LogP contribution in [0.1, 0.15) is 39.0 Å². The fourth-order valence-corrected chi connectivity index (χ4v) is 1.79. The van der Waals surface area contributed by atoms with E-state index in [0.717, 1.165) is 6.54 Å². The Morgan fingerprint density at radius 1 is 1.00 bits per heavy atom. The summed E-state index contributed by atoms with van der Waals surface area (Å²) in [4.78, 5) is 2.13. The highest BCUT2D eigenvalue weighted by atomic mass is 15.1. The maximum absolute atomic E-state index is 2.28. The standard InChI is InChI=1S/C14H25N2/c1-4-5-6-7-8-11-16-12-9-14(10-13-16)15(2)3/h9-10,12-13H,4-8,11H2,1-3H3/q+1. The maximum atomic E-state index is 2.28. The second-order valence-electron chi connectivity index (χ2n) is 4.60. The lowest BCUT2D eigenvalue weighted by atomic mass is 10.1. The molecule has 0 saturated heterocycles. The van der Waals surface area contributed by atoms with Crippen LogP contribution in [0, 0.1) is 0 Å². The van der Waals surface area contributed by atoms with Crippen LogP contribution in [0.5, 0.6) is 0 Å². The Labute approximate surface area is 99.9 Å². The van der Waals surface area contributed by atoms with Gasteiger partial charge in [-0.2, -0.15) is 0 Å². The normalized spacial score (nSPS) is 10.4. The topological polar surface area (TPSA) is 7.12 Å². The number of aromatic nitrogens is 1. The highest BCUT2D eigenvalue weighted by molar-refractivity contribution is 5.41. The van der Waals surface area contributed by atoms with Gasteiger partial charge in [-0.05, 0) is 6.42 Å². The number of hydrogen-bond acceptors (Lipinski definition) is 1. The molecule has 0 atom stereocenters. The van der Waals surface area contributed by atoms with Gasteiger partial charge in [-0.15, -0.1) is 0 Å². The zero-order chi connectivity index (χ0) is 11.8. The SMILES string of the molecule is CCCCCCC[n+]1ccc(N(C)C)cc1. The second kappa shape index (κ2) is 7.26. The molecule has 0 saturated carbocycles. The monoisotopic (exact) mass is 221 g/mol. The zero-order valence-corrected chi connectivity index (χ0v) is 10.9. The van der Waals surface area contributed by atoms with Gasteiger partial charge in [-0.25, -0.2) is 4.57 Å². The fourth-order valence-electron chi connectivity index (χ4n) is 1.79. The smallest absolute Gasteiger partial charge is 0.170 e. The van der Waals surface area contributed by atoms with Crippen LogP contribution in [-0.2, 0) is 6.54 Å². The number of hydrogen-bond donors (Lipinski definition) is 0. The second-order valence-corrected chi connectivity index (χ2v) is 4.60. The van der Waals surface area contributed by atoms with Crippen LogP contribution < -0.4 is 9.47 Å². The number of unbranched alkanes of at least 4 members (excludes halogenated alkanes) is 4. The van der Waals surface area contributed by atoms with Crippen LogP contribution >= 0.6 is 0 Å². The molecule has 90 valence electrons. The third-order valence-corrected chi connectivity index (χ3v) is 2.91. The summed E-state index contributed by atoms with van der Waals surface area (Å²) in [6.45, 7) is 3.41. The van der Waals surface area contributed by atoms with Crippen molar-refractivity contribution in [2.24, 2.45) is 0 Å². The van der Waals surface area contributed by atoms with Gasteiger partial charge >= 0.3 is 0 Å². The number of anilines is 1. The average molecular weight is 221 g/mol. The lowest BCUT2D eigenvalue weighted by molar-refractivity contribution is -0.697. The molecule has 0 spiro atoms. The summed E-state index contributed by atoms with van der Waals surface area (Å²) in [5.74, 6) is 0. The van der Waals surface area contributed by atoms with Crippen molar-refractivity contribution in [3.8, 4) is 0 Å². The van der Waals surface area contributed by atoms with Gasteiger partial charge in [-0.3, -0.25) is 0 Å². The first kappa shape index (κ1) is 13.0. The zero-order valence-electron chi connectivity index (χ0n) is 10.9. The molecule has 1 aromatic heterocycles. The fraction of sp³-hybridized carbons (Fsp3) is 0.643. The predicted molar refractivity (Wildman–Crippen MR) is 69.7 cm³/mol. The Morgan fingerprint density at radius 3 is 2.19 bits per heavy atom. The van der Waals surface area contributed by atoms with Crippen molar-refractivity contribution in [1.29, 1.82) is 0 Å². The van der Waals surface area contributed by atoms with E-state index < -0.39 is 0 Å². The van der Waals surface area contributed by atoms with Gasteiger partial charge in [0.2, 0.25) is 0 Å². The molecular weight excluding hydrogens is 196 g/mol. The molecule has 2 heteroatoms. The van der Waals surface area contributed by atoms with Crippen molar-refractivity contribution >= 4 is 5.69 Å². The summed E-state index contributed by atoms with van der Waals surface area (Å²) in [6, 6.07) is 4.35. The first-order valence-electron chi connectivity index (χ1n) is 6.40. The van der Waals surface area contributed by atoms with E-state index in [1.165, 1.54) is 37.8 Å². The lowest BCUT2D eigenvalue weighted by Crippen LogP contribution is -2.32. The van der Waals surface area contributed by atoms with E-state index in [4.69, 9.17) is 0 Å². The number of nitrogens with zero attached hydrogens (tertiary/aromatic N) is 2. The molecular formula is C14H25N2+. The Kier molecular flexibility index (Phi) is 5.91. The van der Waals surface area contributed by atoms with E-state index in [1.807, 2.05) is 0 Å². The molecule has 0 aliphatic carbocycles. The molecule has 0 fully saturated rings. The molecule has 0 radical (unpaired) electrons. The Morgan fingerprint density at radius 2 is 1.62 bits per heavy atom. The molecule has 0 aliphatic heterocycles. The van der Waals surface area contributed by atoms with Crippen molar-refractivity contribution in [3.05, 3.63) is 24.5 Å². The summed E-state index contributed by atoms with van der Waals surface area (Å²) in [5.41, 5.74) is 1.27. The predicted octanol–water partition coefficient (Wildman–Crippen LogP) is 3.01. The molecule has 1 aromatic rings. The Hall–Kier alpha value is -1.05. The van der Waals surface area contributed by atoms with E-state index >= 15 is 0 Å². The molecule has 1 rings (SSSR count). The number of aryl methyl sites for hydroxylation is 1. The summed E-state index contributed by atoms with van der Waals surface area (Å²) < 4.78 is 2.28. The van der Waals surface area contributed by atoms with Gasteiger partial charge < -0.3 is 4.90 Å². The molecule has 16 heavy (non-hydrogen) atoms. The number of rotatable bonds is 7. The minimum atomic E-state index is 1.15. The van der Waals surface area contributed by atoms with Gasteiger partial charge in [0, 0.05) is 38.3 Å². The quantitative estimate of drug-likeness (QED) is 0.507. The minimum absolute atomic E-state index is 1.15. The molecule has 1 heterocycles. The van der Waals surface area contributed by atoms with Gasteiger partial charge in [0.1, 0.15) is 6.54 Å². The van der Waals surface area contributed by atoms with Crippen LogP contribution in [-0.4, -0.2) is 14.1 Å². The summed E-state index contributed by atoms with van der Waals surface area (Å²) in [7, 11) is 4.15. The largest absolute Gasteiger partial charge is 0.377 e. The molecule has 0 aromatic carbocycles. The lowest BCUT2D eigenvalue weighted by Gasteiger charge is -2.10. The Bertz CT molecular complexity index is 277. The van der Waals surface area contributed by atoms with E-state index in [-0.39, 0.29) is 0 Å². The first-order valence-corrected chi connectivity index (χ1v) is 6.40. The van der Waals surface area contributed by atoms with Crippen molar-refractivity contribution in [2.75, 3.05) is 19.0 Å². The third kappa shape index (κ3) is 4.65. The van der Waals surface area contributed by atoms with E-state index in [9.17, 15) is 0 Å². The van der Waals surface area contributed by atoms with Crippen LogP contribution in [0.4, 0.5) is 5.69 Å². The van der Waals surface area contributed by atoms with Crippen molar-refractivity contribution in [3.63, 3.8) is 0 Å². The summed E-state index contributed by atoms with van der Waals surface area (Å²) in [6.07, 6.45) is 11.1. The third-order valence-electron chi connectivity index (χ3n) is 2.91. The van der Waals surface area contributed by atoms with E-state index in [1.54, 1.807) is 0 Å². The molecule has 0 bridgehead atoms. The van der Waals surface area contributed by atoms with Crippen LogP contribution in [0.15, 0.2) is 24.5 Å². The molecule has 0 N–H and O–H groups in total. The van der Waals surface area contributed by atoms with Crippen molar-refractivity contribution in [1.82, 2.24) is 0 Å².